The van der Waals surface area contributed by atoms with Crippen molar-refractivity contribution in [2.75, 3.05) is 0 Å². The monoisotopic (exact) mass is 164 g/mol. The van der Waals surface area contributed by atoms with Crippen LogP contribution in [0.5, 0.6) is 0 Å². The van der Waals surface area contributed by atoms with Crippen LogP contribution in [0.4, 0.5) is 0 Å². The minimum Gasteiger partial charge on any atom is -0.0991 e. The first-order chi connectivity index (χ1) is 5.74. The summed E-state index contributed by atoms with van der Waals surface area (Å²) in [4.78, 5) is 0. The molecular weight excluding hydrogens is 144 g/mol. The highest BCUT2D eigenvalue weighted by Gasteiger charge is 2.01. The molecule has 0 amide bonds. The molecule has 0 saturated carbocycles. The highest BCUT2D eigenvalue weighted by molar-refractivity contribution is 5.21. The van der Waals surface area contributed by atoms with Gasteiger partial charge in [0.1, 0.15) is 0 Å². The van der Waals surface area contributed by atoms with Crippen molar-refractivity contribution >= 4 is 0 Å². The van der Waals surface area contributed by atoms with Crippen molar-refractivity contribution in [2.24, 2.45) is 5.92 Å². The Kier molecular flexibility index (Phi) is 6.45. The average Bonchev–Trinajstić information content (AvgIpc) is 2.04. The molecule has 1 atom stereocenters. The van der Waals surface area contributed by atoms with E-state index in [9.17, 15) is 0 Å². The molecule has 0 aromatic rings. The fraction of sp³-hybridized carbons (Fsp3) is 0.500. The molecule has 0 aliphatic rings. The average molecular weight is 164 g/mol. The molecule has 0 radical (unpaired) electrons. The Morgan fingerprint density at radius 3 is 2.50 bits per heavy atom. The van der Waals surface area contributed by atoms with E-state index in [1.165, 1.54) is 18.4 Å². The molecule has 0 spiro atoms. The van der Waals surface area contributed by atoms with Gasteiger partial charge in [0, 0.05) is 0 Å². The van der Waals surface area contributed by atoms with Gasteiger partial charge in [0.05, 0.1) is 0 Å². The summed E-state index contributed by atoms with van der Waals surface area (Å²) in [5, 5.41) is 0. The van der Waals surface area contributed by atoms with Gasteiger partial charge in [-0.25, -0.2) is 0 Å². The molecule has 1 unspecified atom stereocenters. The van der Waals surface area contributed by atoms with Gasteiger partial charge in [-0.1, -0.05) is 58.1 Å². The normalized spacial score (nSPS) is 14.0. The van der Waals surface area contributed by atoms with Gasteiger partial charge in [-0.05, 0) is 17.9 Å². The summed E-state index contributed by atoms with van der Waals surface area (Å²) in [5.41, 5.74) is 1.30. The number of allylic oxidation sites excluding steroid dienone is 4. The van der Waals surface area contributed by atoms with Crippen LogP contribution in [0.3, 0.4) is 0 Å². The van der Waals surface area contributed by atoms with Crippen LogP contribution in [0, 0.1) is 5.92 Å². The van der Waals surface area contributed by atoms with Gasteiger partial charge in [-0.2, -0.15) is 0 Å². The van der Waals surface area contributed by atoms with E-state index >= 15 is 0 Å². The Bertz CT molecular complexity index is 163. The summed E-state index contributed by atoms with van der Waals surface area (Å²) in [6.07, 6.45) is 9.48. The van der Waals surface area contributed by atoms with Gasteiger partial charge < -0.3 is 0 Å². The highest BCUT2D eigenvalue weighted by Crippen LogP contribution is 2.16. The maximum absolute atomic E-state index is 3.78. The lowest BCUT2D eigenvalue weighted by molar-refractivity contribution is 0.524. The molecule has 0 aliphatic heterocycles. The molecule has 12 heavy (non-hydrogen) atoms. The summed E-state index contributed by atoms with van der Waals surface area (Å²) in [6.45, 7) is 12.0. The molecule has 0 saturated heterocycles. The molecule has 0 fully saturated rings. The van der Waals surface area contributed by atoms with E-state index in [1.54, 1.807) is 0 Å². The topological polar surface area (TPSA) is 0 Å². The molecule has 0 nitrogen and oxygen atoms in total. The Morgan fingerprint density at radius 1 is 1.42 bits per heavy atom. The molecule has 0 aromatic carbocycles. The Morgan fingerprint density at radius 2 is 2.08 bits per heavy atom. The number of hydrogen-bond donors (Lipinski definition) is 0. The molecule has 0 bridgehead atoms. The maximum atomic E-state index is 3.78. The third-order valence-electron chi connectivity index (χ3n) is 1.96. The standard InChI is InChI=1S/C12H20/c1-5-8-11(4)10-12(7-3)9-6-2/h6-7,9,11H,2-3,5,8,10H2,1,4H3/b12-9+. The third-order valence-corrected chi connectivity index (χ3v) is 1.96. The molecule has 0 heterocycles. The fourth-order valence-electron chi connectivity index (χ4n) is 1.37. The van der Waals surface area contributed by atoms with Crippen LogP contribution in [0.1, 0.15) is 33.1 Å². The first-order valence-corrected chi connectivity index (χ1v) is 4.68. The Hall–Kier alpha value is -0.780. The predicted molar refractivity (Wildman–Crippen MR) is 57.2 cm³/mol. The van der Waals surface area contributed by atoms with Crippen LogP contribution in [0.25, 0.3) is 0 Å². The molecule has 0 aliphatic carbocycles. The highest BCUT2D eigenvalue weighted by atomic mass is 14.1. The summed E-state index contributed by atoms with van der Waals surface area (Å²) < 4.78 is 0. The summed E-state index contributed by atoms with van der Waals surface area (Å²) >= 11 is 0. The van der Waals surface area contributed by atoms with E-state index in [0.29, 0.717) is 0 Å². The van der Waals surface area contributed by atoms with Crippen molar-refractivity contribution in [3.05, 3.63) is 37.0 Å². The van der Waals surface area contributed by atoms with Gasteiger partial charge in [0.25, 0.3) is 0 Å². The molecule has 0 N–H and O–H groups in total. The van der Waals surface area contributed by atoms with E-state index in [4.69, 9.17) is 0 Å². The Balaban J connectivity index is 3.93. The lowest BCUT2D eigenvalue weighted by Crippen LogP contribution is -1.94. The molecule has 0 aromatic heterocycles. The smallest absolute Gasteiger partial charge is 0.0253 e. The Labute approximate surface area is 76.7 Å². The summed E-state index contributed by atoms with van der Waals surface area (Å²) in [7, 11) is 0. The van der Waals surface area contributed by atoms with Gasteiger partial charge in [-0.3, -0.25) is 0 Å². The van der Waals surface area contributed by atoms with E-state index in [0.717, 1.165) is 12.3 Å². The van der Waals surface area contributed by atoms with Crippen LogP contribution in [-0.4, -0.2) is 0 Å². The third kappa shape index (κ3) is 4.95. The van der Waals surface area contributed by atoms with Gasteiger partial charge >= 0.3 is 0 Å². The molecule has 68 valence electrons. The van der Waals surface area contributed by atoms with Crippen molar-refractivity contribution in [2.45, 2.75) is 33.1 Å². The SMILES string of the molecule is C=C/C=C(\C=C)CC(C)CCC. The van der Waals surface area contributed by atoms with Crippen molar-refractivity contribution < 1.29 is 0 Å². The van der Waals surface area contributed by atoms with Crippen molar-refractivity contribution in [3.63, 3.8) is 0 Å². The first kappa shape index (κ1) is 11.2. The minimum absolute atomic E-state index is 0.763. The molecule has 0 heteroatoms. The van der Waals surface area contributed by atoms with Crippen molar-refractivity contribution in [1.82, 2.24) is 0 Å². The van der Waals surface area contributed by atoms with E-state index < -0.39 is 0 Å². The van der Waals surface area contributed by atoms with E-state index in [-0.39, 0.29) is 0 Å². The summed E-state index contributed by atoms with van der Waals surface area (Å²) in [5.74, 6) is 0.763. The van der Waals surface area contributed by atoms with Crippen LogP contribution in [0.2, 0.25) is 0 Å². The van der Waals surface area contributed by atoms with Gasteiger partial charge in [0.2, 0.25) is 0 Å². The van der Waals surface area contributed by atoms with Crippen molar-refractivity contribution in [1.29, 1.82) is 0 Å². The second-order valence-corrected chi connectivity index (χ2v) is 3.28. The zero-order valence-electron chi connectivity index (χ0n) is 8.34. The lowest BCUT2D eigenvalue weighted by atomic mass is 9.97. The molecule has 0 rings (SSSR count). The second kappa shape index (κ2) is 6.90. The largest absolute Gasteiger partial charge is 0.0991 e. The molecular formula is C12H20. The van der Waals surface area contributed by atoms with E-state index in [1.807, 2.05) is 18.2 Å². The van der Waals surface area contributed by atoms with E-state index in [2.05, 4.69) is 27.0 Å². The summed E-state index contributed by atoms with van der Waals surface area (Å²) in [6, 6.07) is 0. The van der Waals surface area contributed by atoms with Gasteiger partial charge in [-0.15, -0.1) is 0 Å². The van der Waals surface area contributed by atoms with Crippen LogP contribution >= 0.6 is 0 Å². The minimum atomic E-state index is 0.763. The van der Waals surface area contributed by atoms with Crippen LogP contribution < -0.4 is 0 Å². The lowest BCUT2D eigenvalue weighted by Gasteiger charge is -2.09. The van der Waals surface area contributed by atoms with Crippen LogP contribution in [-0.2, 0) is 0 Å². The quantitative estimate of drug-likeness (QED) is 0.518. The number of rotatable bonds is 6. The van der Waals surface area contributed by atoms with Crippen LogP contribution in [0.15, 0.2) is 37.0 Å². The van der Waals surface area contributed by atoms with Gasteiger partial charge in [0.15, 0.2) is 0 Å². The zero-order valence-corrected chi connectivity index (χ0v) is 8.34. The second-order valence-electron chi connectivity index (χ2n) is 3.28. The predicted octanol–water partition coefficient (Wildman–Crippen LogP) is 4.11. The zero-order chi connectivity index (χ0) is 9.40. The first-order valence-electron chi connectivity index (χ1n) is 4.68. The maximum Gasteiger partial charge on any atom is -0.0253 e. The van der Waals surface area contributed by atoms with Crippen molar-refractivity contribution in [3.8, 4) is 0 Å². The number of hydrogen-bond acceptors (Lipinski definition) is 0. The fourth-order valence-corrected chi connectivity index (χ4v) is 1.37.